The summed E-state index contributed by atoms with van der Waals surface area (Å²) in [6.45, 7) is 5.38. The molecule has 6 nitrogen and oxygen atoms in total. The lowest BCUT2D eigenvalue weighted by Crippen LogP contribution is -2.35. The first kappa shape index (κ1) is 16.0. The summed E-state index contributed by atoms with van der Waals surface area (Å²) < 4.78 is 1.78. The SMILES string of the molecule is Cc1nn(C)c(C)c1NC(=O)CN(CCCCO)C1CC1. The Morgan fingerprint density at radius 2 is 2.14 bits per heavy atom. The number of unbranched alkanes of at least 4 members (excludes halogenated alkanes) is 1. The summed E-state index contributed by atoms with van der Waals surface area (Å²) in [6, 6.07) is 0.547. The first-order chi connectivity index (χ1) is 10.0. The minimum Gasteiger partial charge on any atom is -0.396 e. The van der Waals surface area contributed by atoms with Crippen LogP contribution in [0.1, 0.15) is 37.1 Å². The number of hydrogen-bond acceptors (Lipinski definition) is 4. The third-order valence-corrected chi connectivity index (χ3v) is 4.04. The maximum absolute atomic E-state index is 12.3. The van der Waals surface area contributed by atoms with E-state index in [9.17, 15) is 4.79 Å². The van der Waals surface area contributed by atoms with Gasteiger partial charge in [0.1, 0.15) is 0 Å². The normalized spacial score (nSPS) is 14.7. The van der Waals surface area contributed by atoms with Crippen molar-refractivity contribution in [3.05, 3.63) is 11.4 Å². The van der Waals surface area contributed by atoms with Crippen LogP contribution in [0.15, 0.2) is 0 Å². The van der Waals surface area contributed by atoms with Crippen molar-refractivity contribution in [1.82, 2.24) is 14.7 Å². The summed E-state index contributed by atoms with van der Waals surface area (Å²) in [7, 11) is 1.88. The smallest absolute Gasteiger partial charge is 0.238 e. The first-order valence-corrected chi connectivity index (χ1v) is 7.68. The second-order valence-electron chi connectivity index (χ2n) is 5.85. The molecule has 0 atom stereocenters. The van der Waals surface area contributed by atoms with Crippen molar-refractivity contribution in [1.29, 1.82) is 0 Å². The highest BCUT2D eigenvalue weighted by Crippen LogP contribution is 2.27. The van der Waals surface area contributed by atoms with Gasteiger partial charge in [-0.15, -0.1) is 0 Å². The van der Waals surface area contributed by atoms with Gasteiger partial charge in [-0.25, -0.2) is 0 Å². The van der Waals surface area contributed by atoms with Gasteiger partial charge in [-0.1, -0.05) is 0 Å². The van der Waals surface area contributed by atoms with Gasteiger partial charge in [-0.05, 0) is 46.1 Å². The Labute approximate surface area is 126 Å². The van der Waals surface area contributed by atoms with E-state index in [0.717, 1.165) is 36.5 Å². The van der Waals surface area contributed by atoms with Gasteiger partial charge in [-0.2, -0.15) is 5.10 Å². The van der Waals surface area contributed by atoms with Gasteiger partial charge < -0.3 is 10.4 Å². The van der Waals surface area contributed by atoms with E-state index in [0.29, 0.717) is 12.6 Å². The summed E-state index contributed by atoms with van der Waals surface area (Å²) >= 11 is 0. The van der Waals surface area contributed by atoms with Crippen molar-refractivity contribution >= 4 is 11.6 Å². The van der Waals surface area contributed by atoms with Crippen LogP contribution in [0.4, 0.5) is 5.69 Å². The van der Waals surface area contributed by atoms with Crippen molar-refractivity contribution in [2.45, 2.75) is 45.6 Å². The summed E-state index contributed by atoms with van der Waals surface area (Å²) in [4.78, 5) is 14.5. The molecular weight excluding hydrogens is 268 g/mol. The molecule has 1 heterocycles. The third-order valence-electron chi connectivity index (χ3n) is 4.04. The van der Waals surface area contributed by atoms with E-state index in [1.54, 1.807) is 4.68 Å². The fraction of sp³-hybridized carbons (Fsp3) is 0.733. The minimum atomic E-state index is 0.0186. The molecular formula is C15H26N4O2. The number of amides is 1. The molecule has 1 amide bonds. The number of carbonyl (C=O) groups is 1. The van der Waals surface area contributed by atoms with Crippen LogP contribution in [-0.2, 0) is 11.8 Å². The van der Waals surface area contributed by atoms with Crippen LogP contribution in [0.5, 0.6) is 0 Å². The summed E-state index contributed by atoms with van der Waals surface area (Å²) in [5.41, 5.74) is 2.65. The minimum absolute atomic E-state index is 0.0186. The number of nitrogens with zero attached hydrogens (tertiary/aromatic N) is 3. The Morgan fingerprint density at radius 1 is 1.43 bits per heavy atom. The van der Waals surface area contributed by atoms with Crippen LogP contribution in [0, 0.1) is 13.8 Å². The number of aliphatic hydroxyl groups excluding tert-OH is 1. The third kappa shape index (κ3) is 4.28. The van der Waals surface area contributed by atoms with Gasteiger partial charge in [0.15, 0.2) is 0 Å². The molecule has 0 aromatic carbocycles. The molecule has 0 saturated heterocycles. The zero-order valence-corrected chi connectivity index (χ0v) is 13.2. The Balaban J connectivity index is 1.89. The molecule has 0 aliphatic heterocycles. The highest BCUT2D eigenvalue weighted by atomic mass is 16.2. The molecule has 1 aliphatic rings. The van der Waals surface area contributed by atoms with E-state index >= 15 is 0 Å². The van der Waals surface area contributed by atoms with Gasteiger partial charge in [-0.3, -0.25) is 14.4 Å². The first-order valence-electron chi connectivity index (χ1n) is 7.68. The molecule has 118 valence electrons. The molecule has 6 heteroatoms. The standard InChI is InChI=1S/C15H26N4O2/c1-11-15(12(2)18(3)17-11)16-14(21)10-19(13-6-7-13)8-4-5-9-20/h13,20H,4-10H2,1-3H3,(H,16,21). The average Bonchev–Trinajstić information content (AvgIpc) is 3.24. The van der Waals surface area contributed by atoms with E-state index in [1.807, 2.05) is 20.9 Å². The maximum Gasteiger partial charge on any atom is 0.238 e. The molecule has 1 aromatic rings. The molecule has 1 saturated carbocycles. The van der Waals surface area contributed by atoms with Crippen LogP contribution in [0.2, 0.25) is 0 Å². The molecule has 2 N–H and O–H groups in total. The molecule has 0 unspecified atom stereocenters. The Hall–Kier alpha value is -1.40. The molecule has 0 bridgehead atoms. The number of hydrogen-bond donors (Lipinski definition) is 2. The molecule has 21 heavy (non-hydrogen) atoms. The fourth-order valence-electron chi connectivity index (χ4n) is 2.58. The maximum atomic E-state index is 12.3. The molecule has 1 aromatic heterocycles. The summed E-state index contributed by atoms with van der Waals surface area (Å²) in [5, 5.41) is 16.2. The van der Waals surface area contributed by atoms with Crippen molar-refractivity contribution in [3.63, 3.8) is 0 Å². The zero-order chi connectivity index (χ0) is 15.4. The van der Waals surface area contributed by atoms with E-state index in [1.165, 1.54) is 12.8 Å². The van der Waals surface area contributed by atoms with E-state index < -0.39 is 0 Å². The molecule has 0 spiro atoms. The highest BCUT2D eigenvalue weighted by molar-refractivity contribution is 5.93. The fourth-order valence-corrected chi connectivity index (χ4v) is 2.58. The zero-order valence-electron chi connectivity index (χ0n) is 13.2. The van der Waals surface area contributed by atoms with Crippen molar-refractivity contribution < 1.29 is 9.90 Å². The van der Waals surface area contributed by atoms with Crippen LogP contribution in [0.25, 0.3) is 0 Å². The van der Waals surface area contributed by atoms with Crippen LogP contribution in [-0.4, -0.2) is 51.4 Å². The molecule has 1 fully saturated rings. The molecule has 1 aliphatic carbocycles. The predicted molar refractivity (Wildman–Crippen MR) is 82.2 cm³/mol. The largest absolute Gasteiger partial charge is 0.396 e. The highest BCUT2D eigenvalue weighted by Gasteiger charge is 2.30. The summed E-state index contributed by atoms with van der Waals surface area (Å²) in [5.74, 6) is 0.0186. The van der Waals surface area contributed by atoms with Crippen LogP contribution >= 0.6 is 0 Å². The van der Waals surface area contributed by atoms with Gasteiger partial charge in [0.25, 0.3) is 0 Å². The van der Waals surface area contributed by atoms with Gasteiger partial charge in [0, 0.05) is 19.7 Å². The van der Waals surface area contributed by atoms with Crippen molar-refractivity contribution in [2.24, 2.45) is 7.05 Å². The number of nitrogens with one attached hydrogen (secondary N) is 1. The number of rotatable bonds is 8. The molecule has 0 radical (unpaired) electrons. The number of aromatic nitrogens is 2. The predicted octanol–water partition coefficient (Wildman–Crippen LogP) is 1.21. The monoisotopic (exact) mass is 294 g/mol. The lowest BCUT2D eigenvalue weighted by Gasteiger charge is -2.21. The summed E-state index contributed by atoms with van der Waals surface area (Å²) in [6.07, 6.45) is 4.09. The van der Waals surface area contributed by atoms with Crippen LogP contribution in [0.3, 0.4) is 0 Å². The van der Waals surface area contributed by atoms with E-state index in [-0.39, 0.29) is 12.5 Å². The number of anilines is 1. The van der Waals surface area contributed by atoms with E-state index in [2.05, 4.69) is 15.3 Å². The van der Waals surface area contributed by atoms with Gasteiger partial charge >= 0.3 is 0 Å². The second kappa shape index (κ2) is 7.04. The number of aliphatic hydroxyl groups is 1. The van der Waals surface area contributed by atoms with E-state index in [4.69, 9.17) is 5.11 Å². The molecule has 2 rings (SSSR count). The quantitative estimate of drug-likeness (QED) is 0.707. The van der Waals surface area contributed by atoms with Crippen LogP contribution < -0.4 is 5.32 Å². The Kier molecular flexibility index (Phi) is 5.36. The average molecular weight is 294 g/mol. The lowest BCUT2D eigenvalue weighted by molar-refractivity contribution is -0.117. The van der Waals surface area contributed by atoms with Crippen molar-refractivity contribution in [2.75, 3.05) is 25.0 Å². The van der Waals surface area contributed by atoms with Gasteiger partial charge in [0.05, 0.1) is 23.6 Å². The van der Waals surface area contributed by atoms with Crippen molar-refractivity contribution in [3.8, 4) is 0 Å². The topological polar surface area (TPSA) is 70.4 Å². The number of aryl methyl sites for hydroxylation is 2. The number of carbonyl (C=O) groups excluding carboxylic acids is 1. The lowest BCUT2D eigenvalue weighted by atomic mass is 10.2. The Morgan fingerprint density at radius 3 is 2.67 bits per heavy atom. The second-order valence-corrected chi connectivity index (χ2v) is 5.85. The van der Waals surface area contributed by atoms with Gasteiger partial charge in [0.2, 0.25) is 5.91 Å². The Bertz CT molecular complexity index is 494.